The normalized spacial score (nSPS) is 13.2. The molecule has 10 aromatic rings. The fraction of sp³-hybridized carbons (Fsp3) is 0.0820. The van der Waals surface area contributed by atoms with E-state index in [1.807, 2.05) is 0 Å². The fourth-order valence-corrected chi connectivity index (χ4v) is 10.00. The van der Waals surface area contributed by atoms with Crippen molar-refractivity contribution in [2.75, 3.05) is 4.90 Å². The van der Waals surface area contributed by atoms with Gasteiger partial charge in [-0.3, -0.25) is 0 Å². The van der Waals surface area contributed by atoms with Crippen molar-refractivity contribution in [1.82, 2.24) is 0 Å². The van der Waals surface area contributed by atoms with Crippen molar-refractivity contribution in [2.24, 2.45) is 0 Å². The average molecular weight is 810 g/mol. The van der Waals surface area contributed by atoms with Crippen LogP contribution in [0.1, 0.15) is 44.4 Å². The van der Waals surface area contributed by atoms with Crippen molar-refractivity contribution in [3.05, 3.63) is 229 Å². The second-order valence-corrected chi connectivity index (χ2v) is 17.1. The molecule has 2 heteroatoms. The molecule has 0 bridgehead atoms. The Balaban J connectivity index is 1.06. The molecule has 0 unspecified atom stereocenters. The van der Waals surface area contributed by atoms with Gasteiger partial charge in [0.2, 0.25) is 0 Å². The van der Waals surface area contributed by atoms with E-state index in [2.05, 4.69) is 245 Å². The quantitative estimate of drug-likeness (QED) is 0.142. The maximum Gasteiger partial charge on any atom is 0.143 e. The molecular weight excluding hydrogens is 763 g/mol. The predicted octanol–water partition coefficient (Wildman–Crippen LogP) is 17.5. The standard InChI is InChI=1S/C61H47NO/c1-5-16-40(6-2)48-33-28-44(37-54(48)42-17-8-7-9-18-42)41-25-30-46(31-26-41)62(47-32-35-52-51-22-12-14-23-56(51)61(3,4)57(52)39-47)58-24-15-13-20-49(58)45-29-36-59-55(38-45)53-34-27-43-19-10-11-21-50(43)60(53)63-59/h5-39H,1-4H3/b16-5-,40-6+. The van der Waals surface area contributed by atoms with Crippen LogP contribution in [0.2, 0.25) is 0 Å². The fourth-order valence-electron chi connectivity index (χ4n) is 10.00. The van der Waals surface area contributed by atoms with Gasteiger partial charge < -0.3 is 9.32 Å². The third-order valence-corrected chi connectivity index (χ3v) is 13.2. The topological polar surface area (TPSA) is 16.4 Å². The van der Waals surface area contributed by atoms with Gasteiger partial charge in [-0.2, -0.15) is 0 Å². The number of rotatable bonds is 8. The van der Waals surface area contributed by atoms with E-state index in [1.54, 1.807) is 0 Å². The van der Waals surface area contributed by atoms with Gasteiger partial charge in [-0.25, -0.2) is 0 Å². The Morgan fingerprint density at radius 1 is 0.476 bits per heavy atom. The molecule has 0 atom stereocenters. The number of benzene rings is 9. The van der Waals surface area contributed by atoms with Crippen LogP contribution in [0, 0.1) is 0 Å². The van der Waals surface area contributed by atoms with Gasteiger partial charge in [0.25, 0.3) is 0 Å². The molecule has 302 valence electrons. The maximum atomic E-state index is 6.56. The van der Waals surface area contributed by atoms with E-state index in [-0.39, 0.29) is 5.41 Å². The van der Waals surface area contributed by atoms with Gasteiger partial charge in [-0.1, -0.05) is 172 Å². The Bertz CT molecular complexity index is 3440. The van der Waals surface area contributed by atoms with Crippen LogP contribution in [0.5, 0.6) is 0 Å². The molecule has 0 aliphatic heterocycles. The lowest BCUT2D eigenvalue weighted by Gasteiger charge is -2.30. The summed E-state index contributed by atoms with van der Waals surface area (Å²) in [6, 6.07) is 71.0. The van der Waals surface area contributed by atoms with E-state index in [0.29, 0.717) is 0 Å². The molecule has 1 aliphatic rings. The van der Waals surface area contributed by atoms with E-state index in [4.69, 9.17) is 4.42 Å². The second-order valence-electron chi connectivity index (χ2n) is 17.1. The Morgan fingerprint density at radius 3 is 2.00 bits per heavy atom. The highest BCUT2D eigenvalue weighted by Crippen LogP contribution is 2.51. The molecule has 0 N–H and O–H groups in total. The Hall–Kier alpha value is -7.68. The van der Waals surface area contributed by atoms with E-state index in [9.17, 15) is 0 Å². The SMILES string of the molecule is C/C=C\C(=C/C)c1ccc(-c2ccc(N(c3ccc4c(c3)C(C)(C)c3ccccc3-4)c3ccccc3-c3ccc4oc5c6ccccc6ccc5c4c3)cc2)cc1-c1ccccc1. The van der Waals surface area contributed by atoms with E-state index >= 15 is 0 Å². The molecule has 1 aliphatic carbocycles. The minimum Gasteiger partial charge on any atom is -0.455 e. The van der Waals surface area contributed by atoms with Gasteiger partial charge in [-0.05, 0) is 135 Å². The summed E-state index contributed by atoms with van der Waals surface area (Å²) in [5, 5.41) is 4.55. The summed E-state index contributed by atoms with van der Waals surface area (Å²) in [7, 11) is 0. The number of para-hydroxylation sites is 1. The Kier molecular flexibility index (Phi) is 9.32. The zero-order chi connectivity index (χ0) is 42.7. The summed E-state index contributed by atoms with van der Waals surface area (Å²) in [6.07, 6.45) is 6.50. The second kappa shape index (κ2) is 15.3. The smallest absolute Gasteiger partial charge is 0.143 e. The molecule has 9 aromatic carbocycles. The molecule has 0 fully saturated rings. The van der Waals surface area contributed by atoms with Gasteiger partial charge in [0, 0.05) is 38.5 Å². The zero-order valence-corrected chi connectivity index (χ0v) is 36.1. The number of hydrogen-bond acceptors (Lipinski definition) is 2. The number of fused-ring (bicyclic) bond motifs is 8. The first-order valence-corrected chi connectivity index (χ1v) is 22.0. The third kappa shape index (κ3) is 6.41. The van der Waals surface area contributed by atoms with Crippen molar-refractivity contribution in [1.29, 1.82) is 0 Å². The lowest BCUT2D eigenvalue weighted by molar-refractivity contribution is 0.660. The summed E-state index contributed by atoms with van der Waals surface area (Å²) in [4.78, 5) is 2.44. The van der Waals surface area contributed by atoms with Gasteiger partial charge in [0.15, 0.2) is 0 Å². The van der Waals surface area contributed by atoms with Crippen molar-refractivity contribution in [3.63, 3.8) is 0 Å². The number of nitrogens with zero attached hydrogens (tertiary/aromatic N) is 1. The summed E-state index contributed by atoms with van der Waals surface area (Å²) in [6.45, 7) is 8.90. The first-order valence-electron chi connectivity index (χ1n) is 22.0. The van der Waals surface area contributed by atoms with Crippen LogP contribution < -0.4 is 4.90 Å². The van der Waals surface area contributed by atoms with Crippen LogP contribution in [-0.4, -0.2) is 0 Å². The molecule has 11 rings (SSSR count). The Morgan fingerprint density at radius 2 is 1.17 bits per heavy atom. The van der Waals surface area contributed by atoms with Crippen LogP contribution in [0.15, 0.2) is 217 Å². The predicted molar refractivity (Wildman–Crippen MR) is 268 cm³/mol. The summed E-state index contributed by atoms with van der Waals surface area (Å²) >= 11 is 0. The molecular formula is C61H47NO. The lowest BCUT2D eigenvalue weighted by atomic mass is 9.82. The molecule has 0 amide bonds. The highest BCUT2D eigenvalue weighted by atomic mass is 16.3. The van der Waals surface area contributed by atoms with Gasteiger partial charge in [0.1, 0.15) is 11.2 Å². The molecule has 0 spiro atoms. The van der Waals surface area contributed by atoms with Crippen molar-refractivity contribution >= 4 is 55.3 Å². The molecule has 0 saturated heterocycles. The van der Waals surface area contributed by atoms with Crippen LogP contribution >= 0.6 is 0 Å². The number of hydrogen-bond donors (Lipinski definition) is 0. The van der Waals surface area contributed by atoms with Crippen molar-refractivity contribution in [3.8, 4) is 44.5 Å². The van der Waals surface area contributed by atoms with E-state index in [1.165, 1.54) is 61.0 Å². The van der Waals surface area contributed by atoms with Gasteiger partial charge in [-0.15, -0.1) is 0 Å². The number of anilines is 3. The number of furan rings is 1. The average Bonchev–Trinajstić information content (AvgIpc) is 3.83. The monoisotopic (exact) mass is 809 g/mol. The zero-order valence-electron chi connectivity index (χ0n) is 36.1. The van der Waals surface area contributed by atoms with Crippen molar-refractivity contribution in [2.45, 2.75) is 33.1 Å². The first-order chi connectivity index (χ1) is 30.9. The van der Waals surface area contributed by atoms with Crippen LogP contribution in [-0.2, 0) is 5.41 Å². The lowest BCUT2D eigenvalue weighted by Crippen LogP contribution is -2.16. The van der Waals surface area contributed by atoms with E-state index in [0.717, 1.165) is 55.5 Å². The molecule has 1 heterocycles. The largest absolute Gasteiger partial charge is 0.455 e. The van der Waals surface area contributed by atoms with Crippen LogP contribution in [0.25, 0.3) is 82.8 Å². The molecule has 0 radical (unpaired) electrons. The number of allylic oxidation sites excluding steroid dienone is 4. The minimum atomic E-state index is -0.142. The molecule has 63 heavy (non-hydrogen) atoms. The van der Waals surface area contributed by atoms with Crippen molar-refractivity contribution < 1.29 is 4.42 Å². The first kappa shape index (κ1) is 38.3. The summed E-state index contributed by atoms with van der Waals surface area (Å²) in [5.74, 6) is 0. The van der Waals surface area contributed by atoms with Crippen LogP contribution in [0.4, 0.5) is 17.1 Å². The third-order valence-electron chi connectivity index (χ3n) is 13.2. The molecule has 1 aromatic heterocycles. The van der Waals surface area contributed by atoms with E-state index < -0.39 is 0 Å². The minimum absolute atomic E-state index is 0.142. The maximum absolute atomic E-state index is 6.56. The van der Waals surface area contributed by atoms with Crippen LogP contribution in [0.3, 0.4) is 0 Å². The Labute approximate surface area is 369 Å². The molecule has 2 nitrogen and oxygen atoms in total. The highest BCUT2D eigenvalue weighted by Gasteiger charge is 2.36. The van der Waals surface area contributed by atoms with Gasteiger partial charge in [0.05, 0.1) is 5.69 Å². The van der Waals surface area contributed by atoms with Gasteiger partial charge >= 0.3 is 0 Å². The molecule has 0 saturated carbocycles. The highest BCUT2D eigenvalue weighted by molar-refractivity contribution is 6.15. The summed E-state index contributed by atoms with van der Waals surface area (Å²) < 4.78 is 6.56. The summed E-state index contributed by atoms with van der Waals surface area (Å²) in [5.41, 5.74) is 19.8.